The molecule has 1 aliphatic rings. The van der Waals surface area contributed by atoms with Gasteiger partial charge in [0, 0.05) is 31.5 Å². The van der Waals surface area contributed by atoms with Gasteiger partial charge in [-0.05, 0) is 78.1 Å². The summed E-state index contributed by atoms with van der Waals surface area (Å²) in [5.74, 6) is 0.864. The Morgan fingerprint density at radius 2 is 1.88 bits per heavy atom. The molecule has 216 valence electrons. The van der Waals surface area contributed by atoms with Gasteiger partial charge in [-0.3, -0.25) is 9.59 Å². The number of carbonyl (C=O) groups is 2. The first-order chi connectivity index (χ1) is 19.4. The average molecular weight is 663 g/mol. The Balaban J connectivity index is 1.92. The molecule has 0 spiro atoms. The van der Waals surface area contributed by atoms with E-state index in [4.69, 9.17) is 9.47 Å². The van der Waals surface area contributed by atoms with Gasteiger partial charge in [-0.2, -0.15) is 0 Å². The second-order valence-corrected chi connectivity index (χ2v) is 10.8. The van der Waals surface area contributed by atoms with Crippen molar-refractivity contribution in [1.82, 2.24) is 10.2 Å². The van der Waals surface area contributed by atoms with E-state index in [1.807, 2.05) is 54.6 Å². The third-order valence-corrected chi connectivity index (χ3v) is 7.79. The molecule has 0 heterocycles. The number of allylic oxidation sites excluding steroid dienone is 1. The molecule has 0 unspecified atom stereocenters. The Morgan fingerprint density at radius 1 is 1.15 bits per heavy atom. The Hall–Kier alpha value is -2.89. The number of rotatable bonds is 15. The lowest BCUT2D eigenvalue weighted by molar-refractivity contribution is -0.138. The lowest BCUT2D eigenvalue weighted by Gasteiger charge is -2.40. The molecule has 0 radical (unpaired) electrons. The van der Waals surface area contributed by atoms with Gasteiger partial charge >= 0.3 is 0 Å². The molecule has 3 atom stereocenters. The number of unbranched alkanes of at least 4 members (excludes halogenated alkanes) is 2. The van der Waals surface area contributed by atoms with E-state index in [1.165, 1.54) is 0 Å². The molecule has 3 rings (SSSR count). The number of ether oxygens (including phenoxy) is 2. The summed E-state index contributed by atoms with van der Waals surface area (Å²) < 4.78 is 12.6. The number of benzene rings is 2. The van der Waals surface area contributed by atoms with Crippen molar-refractivity contribution in [3.05, 3.63) is 82.0 Å². The Morgan fingerprint density at radius 3 is 2.58 bits per heavy atom. The van der Waals surface area contributed by atoms with Crippen molar-refractivity contribution in [2.75, 3.05) is 26.8 Å². The van der Waals surface area contributed by atoms with Crippen LogP contribution in [0.4, 0.5) is 0 Å². The first kappa shape index (κ1) is 31.6. The van der Waals surface area contributed by atoms with Gasteiger partial charge < -0.3 is 29.9 Å². The molecular formula is C31H39IN2O6. The maximum atomic E-state index is 13.7. The van der Waals surface area contributed by atoms with Crippen molar-refractivity contribution in [2.45, 2.75) is 56.8 Å². The van der Waals surface area contributed by atoms with E-state index in [0.717, 1.165) is 27.7 Å². The van der Waals surface area contributed by atoms with E-state index in [2.05, 4.69) is 34.5 Å². The second-order valence-electron chi connectivity index (χ2n) is 9.63. The predicted molar refractivity (Wildman–Crippen MR) is 163 cm³/mol. The fraction of sp³-hybridized carbons (Fsp3) is 0.419. The van der Waals surface area contributed by atoms with Crippen LogP contribution in [0.15, 0.2) is 72.8 Å². The molecule has 9 heteroatoms. The zero-order valence-electron chi connectivity index (χ0n) is 22.9. The largest absolute Gasteiger partial charge is 0.496 e. The van der Waals surface area contributed by atoms with E-state index in [9.17, 15) is 19.8 Å². The number of para-hydroxylation sites is 2. The Kier molecular flexibility index (Phi) is 13.0. The molecule has 0 fully saturated rings. The number of aliphatic hydroxyl groups is 2. The molecule has 2 aromatic rings. The quantitative estimate of drug-likeness (QED) is 0.151. The minimum absolute atomic E-state index is 0.0898. The molecule has 3 N–H and O–H groups in total. The summed E-state index contributed by atoms with van der Waals surface area (Å²) in [6.07, 6.45) is 4.90. The van der Waals surface area contributed by atoms with Gasteiger partial charge in [-0.25, -0.2) is 0 Å². The van der Waals surface area contributed by atoms with Crippen molar-refractivity contribution >= 4 is 34.4 Å². The third kappa shape index (κ3) is 8.81. The molecular weight excluding hydrogens is 623 g/mol. The molecule has 1 aliphatic carbocycles. The molecule has 0 bridgehead atoms. The van der Waals surface area contributed by atoms with Crippen molar-refractivity contribution in [3.63, 3.8) is 0 Å². The molecule has 0 saturated heterocycles. The van der Waals surface area contributed by atoms with Gasteiger partial charge in [0.05, 0.1) is 23.3 Å². The van der Waals surface area contributed by atoms with Gasteiger partial charge in [0.15, 0.2) is 0 Å². The summed E-state index contributed by atoms with van der Waals surface area (Å²) in [5.41, 5.74) is 1.35. The fourth-order valence-corrected chi connectivity index (χ4v) is 5.32. The van der Waals surface area contributed by atoms with Crippen LogP contribution >= 0.6 is 22.6 Å². The number of hydrogen-bond acceptors (Lipinski definition) is 6. The van der Waals surface area contributed by atoms with Gasteiger partial charge in [-0.15, -0.1) is 6.58 Å². The Labute approximate surface area is 250 Å². The SMILES string of the molecule is C=CCCCCC(=O)N(CCc1ccccc1OC)[C@@H]1CC(C(=O)NCCO)=C[C@H](Oc2ccccc2I)[C@H]1O. The van der Waals surface area contributed by atoms with Gasteiger partial charge in [-0.1, -0.05) is 36.4 Å². The highest BCUT2D eigenvalue weighted by atomic mass is 127. The van der Waals surface area contributed by atoms with Crippen LogP contribution in [-0.4, -0.2) is 72.0 Å². The summed E-state index contributed by atoms with van der Waals surface area (Å²) in [5, 5.41) is 23.5. The Bertz CT molecular complexity index is 1170. The molecule has 2 amide bonds. The minimum atomic E-state index is -1.07. The summed E-state index contributed by atoms with van der Waals surface area (Å²) >= 11 is 2.16. The van der Waals surface area contributed by atoms with Crippen LogP contribution in [0.3, 0.4) is 0 Å². The number of halogens is 1. The second kappa shape index (κ2) is 16.4. The van der Waals surface area contributed by atoms with E-state index in [-0.39, 0.29) is 31.4 Å². The van der Waals surface area contributed by atoms with Crippen LogP contribution in [0.1, 0.15) is 37.7 Å². The highest BCUT2D eigenvalue weighted by Crippen LogP contribution is 2.30. The van der Waals surface area contributed by atoms with Crippen LogP contribution in [0.25, 0.3) is 0 Å². The van der Waals surface area contributed by atoms with Gasteiger partial charge in [0.2, 0.25) is 11.8 Å². The number of nitrogens with zero attached hydrogens (tertiary/aromatic N) is 1. The number of carbonyl (C=O) groups excluding carboxylic acids is 2. The zero-order chi connectivity index (χ0) is 28.9. The van der Waals surface area contributed by atoms with Crippen molar-refractivity contribution in [2.24, 2.45) is 0 Å². The first-order valence-corrected chi connectivity index (χ1v) is 14.7. The predicted octanol–water partition coefficient (Wildman–Crippen LogP) is 4.03. The number of nitrogens with one attached hydrogen (secondary N) is 1. The lowest BCUT2D eigenvalue weighted by Crippen LogP contribution is -2.55. The monoisotopic (exact) mass is 662 g/mol. The normalized spacial score (nSPS) is 18.4. The van der Waals surface area contributed by atoms with E-state index in [0.29, 0.717) is 37.1 Å². The van der Waals surface area contributed by atoms with Crippen LogP contribution in [0, 0.1) is 3.57 Å². The third-order valence-electron chi connectivity index (χ3n) is 6.90. The molecule has 2 aromatic carbocycles. The minimum Gasteiger partial charge on any atom is -0.496 e. The first-order valence-electron chi connectivity index (χ1n) is 13.6. The summed E-state index contributed by atoms with van der Waals surface area (Å²) in [7, 11) is 1.61. The maximum Gasteiger partial charge on any atom is 0.247 e. The molecule has 40 heavy (non-hydrogen) atoms. The van der Waals surface area contributed by atoms with Crippen LogP contribution < -0.4 is 14.8 Å². The maximum absolute atomic E-state index is 13.7. The van der Waals surface area contributed by atoms with E-state index in [1.54, 1.807) is 18.1 Å². The van der Waals surface area contributed by atoms with Crippen molar-refractivity contribution in [1.29, 1.82) is 0 Å². The number of aliphatic hydroxyl groups excluding tert-OH is 2. The lowest BCUT2D eigenvalue weighted by atomic mass is 9.87. The van der Waals surface area contributed by atoms with Crippen LogP contribution in [0.5, 0.6) is 11.5 Å². The van der Waals surface area contributed by atoms with Gasteiger partial charge in [0.1, 0.15) is 23.7 Å². The fourth-order valence-electron chi connectivity index (χ4n) is 4.80. The van der Waals surface area contributed by atoms with Crippen molar-refractivity contribution in [3.8, 4) is 11.5 Å². The van der Waals surface area contributed by atoms with E-state index < -0.39 is 18.2 Å². The highest BCUT2D eigenvalue weighted by Gasteiger charge is 2.40. The van der Waals surface area contributed by atoms with Crippen molar-refractivity contribution < 1.29 is 29.3 Å². The standard InChI is InChI=1S/C31H39IN2O6/c1-3-4-5-6-15-29(36)34(18-16-22-11-7-9-13-26(22)39-2)25-20-23(31(38)33-17-19-35)21-28(30(25)37)40-27-14-10-8-12-24(27)32/h3,7-14,21,25,28,30,35,37H,1,4-6,15-20H2,2H3,(H,33,38)/t25-,28+,30+/m1/s1. The molecule has 0 aliphatic heterocycles. The average Bonchev–Trinajstić information content (AvgIpc) is 2.97. The van der Waals surface area contributed by atoms with Crippen LogP contribution in [0.2, 0.25) is 0 Å². The van der Waals surface area contributed by atoms with Gasteiger partial charge in [0.25, 0.3) is 0 Å². The number of amides is 2. The molecule has 8 nitrogen and oxygen atoms in total. The topological polar surface area (TPSA) is 108 Å². The molecule has 0 saturated carbocycles. The summed E-state index contributed by atoms with van der Waals surface area (Å²) in [4.78, 5) is 28.4. The number of methoxy groups -OCH3 is 1. The summed E-state index contributed by atoms with van der Waals surface area (Å²) in [6.45, 7) is 4.00. The highest BCUT2D eigenvalue weighted by molar-refractivity contribution is 14.1. The van der Waals surface area contributed by atoms with Crippen LogP contribution in [-0.2, 0) is 16.0 Å². The summed E-state index contributed by atoms with van der Waals surface area (Å²) in [6, 6.07) is 14.4. The van der Waals surface area contributed by atoms with E-state index >= 15 is 0 Å². The molecule has 0 aromatic heterocycles. The smallest absolute Gasteiger partial charge is 0.247 e. The zero-order valence-corrected chi connectivity index (χ0v) is 25.1. The number of hydrogen-bond donors (Lipinski definition) is 3.